The van der Waals surface area contributed by atoms with E-state index in [4.69, 9.17) is 6.42 Å². The average Bonchev–Trinajstić information content (AvgIpc) is 2.29. The number of pyridine rings is 1. The Kier molecular flexibility index (Phi) is 2.80. The molecular formula is C14H11N. The Morgan fingerprint density at radius 1 is 1.40 bits per heavy atom. The summed E-state index contributed by atoms with van der Waals surface area (Å²) in [5.41, 5.74) is 3.56. The molecule has 0 atom stereocenters. The maximum absolute atomic E-state index is 5.12. The normalized spacial score (nSPS) is 16.6. The lowest BCUT2D eigenvalue weighted by Crippen LogP contribution is -1.99. The lowest BCUT2D eigenvalue weighted by atomic mass is 9.98. The SMILES string of the molecule is C#C/C=C\C=C1\C=Cc2cccnc2C1. The van der Waals surface area contributed by atoms with Crippen LogP contribution in [0.4, 0.5) is 0 Å². The lowest BCUT2D eigenvalue weighted by Gasteiger charge is -2.10. The molecule has 1 aliphatic carbocycles. The molecule has 0 saturated heterocycles. The van der Waals surface area contributed by atoms with Crippen LogP contribution in [0, 0.1) is 12.3 Å². The number of nitrogens with zero attached hydrogens (tertiary/aromatic N) is 1. The summed E-state index contributed by atoms with van der Waals surface area (Å²) in [4.78, 5) is 4.34. The zero-order valence-corrected chi connectivity index (χ0v) is 8.35. The molecule has 0 N–H and O–H groups in total. The summed E-state index contributed by atoms with van der Waals surface area (Å²) >= 11 is 0. The van der Waals surface area contributed by atoms with E-state index < -0.39 is 0 Å². The summed E-state index contributed by atoms with van der Waals surface area (Å²) in [7, 11) is 0. The second-order valence-electron chi connectivity index (χ2n) is 3.32. The maximum Gasteiger partial charge on any atom is 0.0519 e. The molecular weight excluding hydrogens is 182 g/mol. The second kappa shape index (κ2) is 4.43. The van der Waals surface area contributed by atoms with Gasteiger partial charge in [-0.25, -0.2) is 0 Å². The predicted octanol–water partition coefficient (Wildman–Crippen LogP) is 2.77. The van der Waals surface area contributed by atoms with Gasteiger partial charge in [-0.05, 0) is 23.3 Å². The van der Waals surface area contributed by atoms with Gasteiger partial charge in [0.15, 0.2) is 0 Å². The van der Waals surface area contributed by atoms with Crippen molar-refractivity contribution in [2.24, 2.45) is 0 Å². The first-order valence-corrected chi connectivity index (χ1v) is 4.84. The minimum atomic E-state index is 0.877. The number of aromatic nitrogens is 1. The minimum Gasteiger partial charge on any atom is -0.260 e. The minimum absolute atomic E-state index is 0.877. The van der Waals surface area contributed by atoms with Crippen LogP contribution < -0.4 is 0 Å². The van der Waals surface area contributed by atoms with Gasteiger partial charge < -0.3 is 0 Å². The molecule has 1 aliphatic rings. The molecule has 0 amide bonds. The zero-order chi connectivity index (χ0) is 10.5. The first kappa shape index (κ1) is 9.48. The van der Waals surface area contributed by atoms with Crippen LogP contribution in [0.1, 0.15) is 11.3 Å². The van der Waals surface area contributed by atoms with E-state index in [1.54, 1.807) is 6.08 Å². The first-order valence-electron chi connectivity index (χ1n) is 4.84. The summed E-state index contributed by atoms with van der Waals surface area (Å²) < 4.78 is 0. The molecule has 0 radical (unpaired) electrons. The third-order valence-electron chi connectivity index (χ3n) is 2.28. The van der Waals surface area contributed by atoms with Crippen molar-refractivity contribution in [1.82, 2.24) is 4.98 Å². The van der Waals surface area contributed by atoms with E-state index in [0.29, 0.717) is 0 Å². The van der Waals surface area contributed by atoms with Crippen molar-refractivity contribution < 1.29 is 0 Å². The summed E-state index contributed by atoms with van der Waals surface area (Å²) in [6, 6.07) is 4.03. The van der Waals surface area contributed by atoms with Crippen LogP contribution in [0.25, 0.3) is 6.08 Å². The van der Waals surface area contributed by atoms with Crippen LogP contribution in [0.3, 0.4) is 0 Å². The second-order valence-corrected chi connectivity index (χ2v) is 3.32. The van der Waals surface area contributed by atoms with Gasteiger partial charge in [0.25, 0.3) is 0 Å². The number of terminal acetylenes is 1. The van der Waals surface area contributed by atoms with Gasteiger partial charge in [-0.1, -0.05) is 36.3 Å². The monoisotopic (exact) mass is 193 g/mol. The van der Waals surface area contributed by atoms with Crippen molar-refractivity contribution in [2.45, 2.75) is 6.42 Å². The highest BCUT2D eigenvalue weighted by molar-refractivity contribution is 5.60. The maximum atomic E-state index is 5.12. The number of hydrogen-bond acceptors (Lipinski definition) is 1. The van der Waals surface area contributed by atoms with Crippen LogP contribution in [-0.2, 0) is 6.42 Å². The van der Waals surface area contributed by atoms with Gasteiger partial charge >= 0.3 is 0 Å². The van der Waals surface area contributed by atoms with Gasteiger partial charge in [0.2, 0.25) is 0 Å². The molecule has 0 unspecified atom stereocenters. The Morgan fingerprint density at radius 2 is 2.33 bits per heavy atom. The van der Waals surface area contributed by atoms with Gasteiger partial charge in [-0.15, -0.1) is 6.42 Å². The van der Waals surface area contributed by atoms with E-state index in [0.717, 1.165) is 12.1 Å². The molecule has 0 saturated carbocycles. The highest BCUT2D eigenvalue weighted by Crippen LogP contribution is 2.19. The quantitative estimate of drug-likeness (QED) is 0.625. The molecule has 1 aromatic rings. The molecule has 0 spiro atoms. The number of fused-ring (bicyclic) bond motifs is 1. The van der Waals surface area contributed by atoms with E-state index in [1.807, 2.05) is 24.4 Å². The molecule has 72 valence electrons. The zero-order valence-electron chi connectivity index (χ0n) is 8.35. The number of hydrogen-bond donors (Lipinski definition) is 0. The molecule has 1 nitrogen and oxygen atoms in total. The van der Waals surface area contributed by atoms with Crippen molar-refractivity contribution in [2.75, 3.05) is 0 Å². The average molecular weight is 193 g/mol. The highest BCUT2D eigenvalue weighted by atomic mass is 14.7. The Morgan fingerprint density at radius 3 is 3.20 bits per heavy atom. The molecule has 0 aromatic carbocycles. The van der Waals surface area contributed by atoms with Gasteiger partial charge in [-0.3, -0.25) is 4.98 Å². The van der Waals surface area contributed by atoms with E-state index in [9.17, 15) is 0 Å². The van der Waals surface area contributed by atoms with Crippen molar-refractivity contribution in [1.29, 1.82) is 0 Å². The van der Waals surface area contributed by atoms with Crippen LogP contribution in [0.2, 0.25) is 0 Å². The third-order valence-corrected chi connectivity index (χ3v) is 2.28. The van der Waals surface area contributed by atoms with Crippen LogP contribution in [0.15, 0.2) is 48.2 Å². The van der Waals surface area contributed by atoms with Crippen molar-refractivity contribution in [3.63, 3.8) is 0 Å². The Hall–Kier alpha value is -2.07. The first-order chi connectivity index (χ1) is 7.40. The standard InChI is InChI=1S/C14H11N/c1-2-3-4-6-12-8-9-13-7-5-10-15-14(13)11-12/h1,3-10H,11H2/b4-3-,12-6-. The Bertz CT molecular complexity index is 484. The van der Waals surface area contributed by atoms with Gasteiger partial charge in [0.1, 0.15) is 0 Å². The van der Waals surface area contributed by atoms with Crippen LogP contribution >= 0.6 is 0 Å². The van der Waals surface area contributed by atoms with E-state index in [1.165, 1.54) is 11.1 Å². The van der Waals surface area contributed by atoms with Crippen molar-refractivity contribution >= 4 is 6.08 Å². The van der Waals surface area contributed by atoms with Crippen molar-refractivity contribution in [3.8, 4) is 12.3 Å². The van der Waals surface area contributed by atoms with Gasteiger partial charge in [0.05, 0.1) is 5.69 Å². The molecule has 15 heavy (non-hydrogen) atoms. The number of allylic oxidation sites excluding steroid dienone is 5. The topological polar surface area (TPSA) is 12.9 Å². The van der Waals surface area contributed by atoms with Crippen LogP contribution in [-0.4, -0.2) is 4.98 Å². The summed E-state index contributed by atoms with van der Waals surface area (Å²) in [5, 5.41) is 0. The third kappa shape index (κ3) is 2.24. The summed E-state index contributed by atoms with van der Waals surface area (Å²) in [6.07, 6.45) is 17.6. The lowest BCUT2D eigenvalue weighted by molar-refractivity contribution is 1.05. The van der Waals surface area contributed by atoms with Gasteiger partial charge in [0, 0.05) is 12.6 Å². The Labute approximate surface area is 89.9 Å². The Balaban J connectivity index is 2.23. The molecule has 1 aromatic heterocycles. The summed E-state index contributed by atoms with van der Waals surface area (Å²) in [5.74, 6) is 2.46. The summed E-state index contributed by atoms with van der Waals surface area (Å²) in [6.45, 7) is 0. The van der Waals surface area contributed by atoms with Gasteiger partial charge in [-0.2, -0.15) is 0 Å². The fraction of sp³-hybridized carbons (Fsp3) is 0.0714. The molecule has 2 rings (SSSR count). The predicted molar refractivity (Wildman–Crippen MR) is 63.0 cm³/mol. The molecule has 0 fully saturated rings. The molecule has 0 bridgehead atoms. The number of rotatable bonds is 1. The highest BCUT2D eigenvalue weighted by Gasteiger charge is 2.06. The molecule has 0 aliphatic heterocycles. The largest absolute Gasteiger partial charge is 0.260 e. The van der Waals surface area contributed by atoms with Crippen LogP contribution in [0.5, 0.6) is 0 Å². The molecule has 1 heteroatoms. The fourth-order valence-electron chi connectivity index (χ4n) is 1.54. The fourth-order valence-corrected chi connectivity index (χ4v) is 1.54. The van der Waals surface area contributed by atoms with E-state index in [2.05, 4.69) is 29.1 Å². The molecule has 1 heterocycles. The van der Waals surface area contributed by atoms with Crippen molar-refractivity contribution in [3.05, 3.63) is 59.5 Å². The van der Waals surface area contributed by atoms with E-state index >= 15 is 0 Å². The smallest absolute Gasteiger partial charge is 0.0519 e. The van der Waals surface area contributed by atoms with E-state index in [-0.39, 0.29) is 0 Å².